The molecule has 0 radical (unpaired) electrons. The van der Waals surface area contributed by atoms with E-state index in [0.29, 0.717) is 43.6 Å². The van der Waals surface area contributed by atoms with Gasteiger partial charge in [0.25, 0.3) is 0 Å². The number of allylic oxidation sites excluding steroid dienone is 1. The summed E-state index contributed by atoms with van der Waals surface area (Å²) >= 11 is 0. The monoisotopic (exact) mass is 650 g/mol. The summed E-state index contributed by atoms with van der Waals surface area (Å²) in [7, 11) is 1.70. The van der Waals surface area contributed by atoms with E-state index in [1.54, 1.807) is 7.11 Å². The summed E-state index contributed by atoms with van der Waals surface area (Å²) < 4.78 is 15.8. The summed E-state index contributed by atoms with van der Waals surface area (Å²) in [6, 6.07) is 26.4. The maximum absolute atomic E-state index is 12.3. The molecule has 1 fully saturated rings. The molecule has 5 nitrogen and oxygen atoms in total. The molecule has 0 spiro atoms. The van der Waals surface area contributed by atoms with Gasteiger partial charge in [0.1, 0.15) is 12.7 Å². The minimum atomic E-state index is -0.380. The molecule has 1 atom stereocenters. The number of hydrogen-bond donors (Lipinski definition) is 0. The number of hydrogen-bond acceptors (Lipinski definition) is 5. The molecule has 4 rings (SSSR count). The third-order valence-electron chi connectivity index (χ3n) is 8.08. The van der Waals surface area contributed by atoms with E-state index in [1.165, 1.54) is 11.1 Å². The fourth-order valence-corrected chi connectivity index (χ4v) is 5.76. The average Bonchev–Trinajstić information content (AvgIpc) is 3.42. The van der Waals surface area contributed by atoms with Crippen LogP contribution in [-0.4, -0.2) is 31.8 Å². The number of carbonyl (C=O) groups excluding carboxylic acids is 2. The number of cyclic esters (lactones) is 1. The van der Waals surface area contributed by atoms with Crippen molar-refractivity contribution in [1.29, 1.82) is 0 Å². The number of benzene rings is 3. The highest BCUT2D eigenvalue weighted by Crippen LogP contribution is 2.27. The molecule has 0 saturated carbocycles. The topological polar surface area (TPSA) is 61.8 Å². The van der Waals surface area contributed by atoms with E-state index in [0.717, 1.165) is 47.9 Å². The van der Waals surface area contributed by atoms with Gasteiger partial charge >= 0.3 is 11.9 Å². The molecular formula is C43H54O5. The Morgan fingerprint density at radius 1 is 0.875 bits per heavy atom. The first-order chi connectivity index (χ1) is 23.1. The zero-order chi connectivity index (χ0) is 34.7. The number of rotatable bonds is 14. The minimum absolute atomic E-state index is 0.123. The number of aryl methyl sites for hydroxylation is 2. The Kier molecular flexibility index (Phi) is 16.7. The smallest absolute Gasteiger partial charge is 0.334 e. The van der Waals surface area contributed by atoms with Crippen molar-refractivity contribution in [1.82, 2.24) is 0 Å². The largest absolute Gasteiger partial charge is 0.462 e. The molecule has 1 saturated heterocycles. The van der Waals surface area contributed by atoms with E-state index in [9.17, 15) is 9.59 Å². The Morgan fingerprint density at radius 2 is 1.48 bits per heavy atom. The molecule has 1 unspecified atom stereocenters. The second-order valence-corrected chi connectivity index (χ2v) is 13.6. The minimum Gasteiger partial charge on any atom is -0.462 e. The molecular weight excluding hydrogens is 596 g/mol. The van der Waals surface area contributed by atoms with Gasteiger partial charge in [0.05, 0.1) is 6.61 Å². The normalized spacial score (nSPS) is 14.8. The van der Waals surface area contributed by atoms with Gasteiger partial charge in [0.15, 0.2) is 0 Å². The van der Waals surface area contributed by atoms with Gasteiger partial charge in [-0.2, -0.15) is 0 Å². The Hall–Kier alpha value is -4.14. The van der Waals surface area contributed by atoms with Gasteiger partial charge in [-0.05, 0) is 92.2 Å². The molecule has 5 heteroatoms. The summed E-state index contributed by atoms with van der Waals surface area (Å²) in [4.78, 5) is 24.6. The molecule has 0 amide bonds. The van der Waals surface area contributed by atoms with Gasteiger partial charge in [-0.3, -0.25) is 4.79 Å². The first kappa shape index (κ1) is 38.3. The van der Waals surface area contributed by atoms with Crippen molar-refractivity contribution in [2.45, 2.75) is 92.3 Å². The lowest BCUT2D eigenvalue weighted by Crippen LogP contribution is -2.18. The maximum atomic E-state index is 12.3. The third kappa shape index (κ3) is 15.2. The zero-order valence-electron chi connectivity index (χ0n) is 29.8. The van der Waals surface area contributed by atoms with Crippen LogP contribution < -0.4 is 0 Å². The highest BCUT2D eigenvalue weighted by molar-refractivity contribution is 5.90. The lowest BCUT2D eigenvalue weighted by molar-refractivity contribution is -0.152. The van der Waals surface area contributed by atoms with Gasteiger partial charge in [0, 0.05) is 36.7 Å². The van der Waals surface area contributed by atoms with Crippen LogP contribution in [0.3, 0.4) is 0 Å². The number of carbonyl (C=O) groups is 2. The van der Waals surface area contributed by atoms with Gasteiger partial charge < -0.3 is 14.2 Å². The molecule has 0 bridgehead atoms. The van der Waals surface area contributed by atoms with E-state index < -0.39 is 0 Å². The van der Waals surface area contributed by atoms with Crippen LogP contribution in [0.15, 0.2) is 90.5 Å². The molecule has 0 N–H and O–H groups in total. The van der Waals surface area contributed by atoms with Crippen LogP contribution in [0.4, 0.5) is 0 Å². The fraction of sp³-hybridized carbons (Fsp3) is 0.442. The highest BCUT2D eigenvalue weighted by Gasteiger charge is 2.30. The van der Waals surface area contributed by atoms with Crippen LogP contribution in [0.1, 0.15) is 94.0 Å². The maximum Gasteiger partial charge on any atom is 0.334 e. The van der Waals surface area contributed by atoms with Gasteiger partial charge in [-0.1, -0.05) is 106 Å². The van der Waals surface area contributed by atoms with E-state index >= 15 is 0 Å². The molecule has 1 aliphatic heterocycles. The van der Waals surface area contributed by atoms with Crippen LogP contribution >= 0.6 is 0 Å². The van der Waals surface area contributed by atoms with Crippen LogP contribution in [0.5, 0.6) is 0 Å². The molecule has 256 valence electrons. The molecule has 0 aromatic heterocycles. The number of ether oxygens (including phenoxy) is 3. The van der Waals surface area contributed by atoms with Crippen molar-refractivity contribution in [3.63, 3.8) is 0 Å². The zero-order valence-corrected chi connectivity index (χ0v) is 29.8. The van der Waals surface area contributed by atoms with Crippen LogP contribution in [0.2, 0.25) is 0 Å². The Bertz CT molecular complexity index is 1460. The van der Waals surface area contributed by atoms with E-state index in [4.69, 9.17) is 14.2 Å². The first-order valence-corrected chi connectivity index (χ1v) is 17.4. The molecule has 3 aromatic rings. The van der Waals surface area contributed by atoms with Gasteiger partial charge in [-0.25, -0.2) is 4.79 Å². The molecule has 3 aromatic carbocycles. The standard InChI is InChI=1S/C35H44O4.C8H10O/c1-25(2)21-31(22-26(3)4)19-20-32-23-33(39-35(32)37)24-38-34(36)8-6-7-28-13-15-30(16-14-28)18-17-29-11-9-27(5)10-12-29;1-9-7-8-5-3-2-4-6-8/h9-16,20,25-26,31,33H,6-8,19,21-24H2,1-5H3;2-6H,7H2,1H3/b32-20+;. The Balaban J connectivity index is 0.000000598. The highest BCUT2D eigenvalue weighted by atomic mass is 16.6. The van der Waals surface area contributed by atoms with Crippen LogP contribution in [0, 0.1) is 36.5 Å². The number of methoxy groups -OCH3 is 1. The summed E-state index contributed by atoms with van der Waals surface area (Å²) in [6.45, 7) is 11.9. The van der Waals surface area contributed by atoms with Crippen molar-refractivity contribution in [2.75, 3.05) is 13.7 Å². The second-order valence-electron chi connectivity index (χ2n) is 13.6. The van der Waals surface area contributed by atoms with Crippen molar-refractivity contribution >= 4 is 11.9 Å². The lowest BCUT2D eigenvalue weighted by Gasteiger charge is -2.19. The number of esters is 2. The summed E-state index contributed by atoms with van der Waals surface area (Å²) in [5.41, 5.74) is 6.30. The molecule has 1 heterocycles. The summed E-state index contributed by atoms with van der Waals surface area (Å²) in [6.07, 6.45) is 7.23. The molecule has 0 aliphatic carbocycles. The van der Waals surface area contributed by atoms with E-state index in [1.807, 2.05) is 54.6 Å². The quantitative estimate of drug-likeness (QED) is 0.0988. The SMILES string of the molecule is COCc1ccccc1.Cc1ccc(C#Cc2ccc(CCCC(=O)OCC3C/C(=C\CC(CC(C)C)CC(C)C)C(=O)O3)cc2)cc1. The average molecular weight is 651 g/mol. The van der Waals surface area contributed by atoms with Crippen LogP contribution in [0.25, 0.3) is 0 Å². The first-order valence-electron chi connectivity index (χ1n) is 17.4. The van der Waals surface area contributed by atoms with Gasteiger partial charge in [-0.15, -0.1) is 0 Å². The van der Waals surface area contributed by atoms with Gasteiger partial charge in [0.2, 0.25) is 0 Å². The van der Waals surface area contributed by atoms with E-state index in [2.05, 4.69) is 76.8 Å². The molecule has 1 aliphatic rings. The summed E-state index contributed by atoms with van der Waals surface area (Å²) in [5.74, 6) is 7.71. The third-order valence-corrected chi connectivity index (χ3v) is 8.08. The predicted molar refractivity (Wildman–Crippen MR) is 194 cm³/mol. The second kappa shape index (κ2) is 21.0. The van der Waals surface area contributed by atoms with Crippen molar-refractivity contribution in [3.05, 3.63) is 118 Å². The van der Waals surface area contributed by atoms with Crippen molar-refractivity contribution in [3.8, 4) is 11.8 Å². The molecule has 48 heavy (non-hydrogen) atoms. The fourth-order valence-electron chi connectivity index (χ4n) is 5.76. The lowest BCUT2D eigenvalue weighted by atomic mass is 9.86. The van der Waals surface area contributed by atoms with Crippen LogP contribution in [-0.2, 0) is 36.8 Å². The summed E-state index contributed by atoms with van der Waals surface area (Å²) in [5, 5.41) is 0. The van der Waals surface area contributed by atoms with Crippen molar-refractivity contribution < 1.29 is 23.8 Å². The van der Waals surface area contributed by atoms with E-state index in [-0.39, 0.29) is 24.6 Å². The predicted octanol–water partition coefficient (Wildman–Crippen LogP) is 9.43. The van der Waals surface area contributed by atoms with Crippen molar-refractivity contribution in [2.24, 2.45) is 17.8 Å². The Morgan fingerprint density at radius 3 is 2.06 bits per heavy atom. The Labute approximate surface area is 289 Å².